The lowest BCUT2D eigenvalue weighted by atomic mass is 10.1. The molecule has 0 radical (unpaired) electrons. The van der Waals surface area contributed by atoms with Crippen molar-refractivity contribution in [3.63, 3.8) is 0 Å². The summed E-state index contributed by atoms with van der Waals surface area (Å²) >= 11 is 0. The Kier molecular flexibility index (Phi) is 5.28. The van der Waals surface area contributed by atoms with Gasteiger partial charge < -0.3 is 10.1 Å². The van der Waals surface area contributed by atoms with Crippen LogP contribution >= 0.6 is 0 Å². The molecule has 0 spiro atoms. The Morgan fingerprint density at radius 1 is 1.03 bits per heavy atom. The summed E-state index contributed by atoms with van der Waals surface area (Å²) in [6.45, 7) is 2.24. The highest BCUT2D eigenvalue weighted by Gasteiger charge is 2.12. The van der Waals surface area contributed by atoms with E-state index in [-0.39, 0.29) is 17.9 Å². The third-order valence-electron chi connectivity index (χ3n) is 4.78. The lowest BCUT2D eigenvalue weighted by molar-refractivity contribution is 0.0694. The van der Waals surface area contributed by atoms with Crippen LogP contribution in [0.1, 0.15) is 21.5 Å². The molecule has 31 heavy (non-hydrogen) atoms. The monoisotopic (exact) mass is 414 g/mol. The number of hydrogen-bond donors (Lipinski definition) is 2. The molecule has 8 nitrogen and oxygen atoms in total. The molecule has 0 atom stereocenters. The van der Waals surface area contributed by atoms with Crippen molar-refractivity contribution < 1.29 is 9.90 Å². The molecule has 8 heteroatoms. The topological polar surface area (TPSA) is 118 Å². The predicted octanol–water partition coefficient (Wildman–Crippen LogP) is 2.72. The number of aromatic nitrogens is 4. The first-order chi connectivity index (χ1) is 14.9. The summed E-state index contributed by atoms with van der Waals surface area (Å²) in [6, 6.07) is 16.3. The number of aryl methyl sites for hydroxylation is 1. The fourth-order valence-electron chi connectivity index (χ4n) is 3.30. The van der Waals surface area contributed by atoms with E-state index in [1.807, 2.05) is 37.3 Å². The number of aromatic amines is 1. The number of carboxylic acid groups (broad SMARTS) is 1. The largest absolute Gasteiger partial charge is 0.477 e. The van der Waals surface area contributed by atoms with E-state index >= 15 is 0 Å². The van der Waals surface area contributed by atoms with Gasteiger partial charge in [0.2, 0.25) is 0 Å². The first-order valence-corrected chi connectivity index (χ1v) is 9.47. The summed E-state index contributed by atoms with van der Waals surface area (Å²) in [5, 5.41) is 9.00. The number of nitrogens with zero attached hydrogens (tertiary/aromatic N) is 3. The number of nitrogens with one attached hydrogen (secondary N) is 1. The number of carboxylic acids is 1. The van der Waals surface area contributed by atoms with Crippen molar-refractivity contribution in [1.82, 2.24) is 19.5 Å². The molecule has 154 valence electrons. The van der Waals surface area contributed by atoms with Crippen LogP contribution in [0, 0.1) is 6.92 Å². The average Bonchev–Trinajstić information content (AvgIpc) is 2.75. The van der Waals surface area contributed by atoms with E-state index in [0.29, 0.717) is 11.4 Å². The Morgan fingerprint density at radius 3 is 2.55 bits per heavy atom. The SMILES string of the molecule is Cc1cccc(-c2nccc(=O)n2Cc2cccc(-c3ncc(C(=O)O)c(=O)[nH]3)c2)c1. The highest BCUT2D eigenvalue weighted by Crippen LogP contribution is 2.20. The van der Waals surface area contributed by atoms with E-state index < -0.39 is 17.1 Å². The van der Waals surface area contributed by atoms with Crippen LogP contribution in [-0.4, -0.2) is 30.6 Å². The van der Waals surface area contributed by atoms with Gasteiger partial charge in [0.05, 0.1) is 6.54 Å². The molecule has 0 aliphatic carbocycles. The van der Waals surface area contributed by atoms with Gasteiger partial charge in [-0.25, -0.2) is 14.8 Å². The van der Waals surface area contributed by atoms with E-state index in [1.54, 1.807) is 22.8 Å². The van der Waals surface area contributed by atoms with Crippen LogP contribution in [0.5, 0.6) is 0 Å². The molecular formula is C23H18N4O4. The molecule has 4 rings (SSSR count). The van der Waals surface area contributed by atoms with Crippen LogP contribution in [0.25, 0.3) is 22.8 Å². The number of H-pyrrole nitrogens is 1. The number of benzene rings is 2. The molecule has 0 amide bonds. The minimum absolute atomic E-state index is 0.186. The zero-order valence-corrected chi connectivity index (χ0v) is 16.6. The van der Waals surface area contributed by atoms with Gasteiger partial charge in [-0.2, -0.15) is 0 Å². The molecule has 0 aliphatic heterocycles. The second kappa shape index (κ2) is 8.19. The summed E-state index contributed by atoms with van der Waals surface area (Å²) in [5.74, 6) is -0.540. The zero-order valence-electron chi connectivity index (χ0n) is 16.6. The maximum absolute atomic E-state index is 12.6. The van der Waals surface area contributed by atoms with Crippen molar-refractivity contribution in [2.24, 2.45) is 0 Å². The van der Waals surface area contributed by atoms with Crippen LogP contribution in [-0.2, 0) is 6.54 Å². The Balaban J connectivity index is 1.73. The third-order valence-corrected chi connectivity index (χ3v) is 4.78. The first-order valence-electron chi connectivity index (χ1n) is 9.47. The van der Waals surface area contributed by atoms with Gasteiger partial charge in [-0.3, -0.25) is 14.2 Å². The van der Waals surface area contributed by atoms with Crippen molar-refractivity contribution in [3.05, 3.63) is 104 Å². The normalized spacial score (nSPS) is 10.7. The molecule has 0 aliphatic rings. The number of carbonyl (C=O) groups is 1. The van der Waals surface area contributed by atoms with E-state index in [0.717, 1.165) is 22.9 Å². The van der Waals surface area contributed by atoms with Crippen molar-refractivity contribution in [2.75, 3.05) is 0 Å². The Bertz CT molecular complexity index is 1410. The molecule has 2 aromatic heterocycles. The van der Waals surface area contributed by atoms with Crippen LogP contribution in [0.3, 0.4) is 0 Å². The van der Waals surface area contributed by atoms with E-state index in [1.165, 1.54) is 12.3 Å². The molecule has 0 bridgehead atoms. The highest BCUT2D eigenvalue weighted by atomic mass is 16.4. The van der Waals surface area contributed by atoms with Gasteiger partial charge in [0.15, 0.2) is 0 Å². The van der Waals surface area contributed by atoms with Crippen molar-refractivity contribution in [1.29, 1.82) is 0 Å². The Labute approximate surface area is 176 Å². The van der Waals surface area contributed by atoms with Gasteiger partial charge in [0.25, 0.3) is 11.1 Å². The van der Waals surface area contributed by atoms with Gasteiger partial charge in [-0.1, -0.05) is 42.0 Å². The summed E-state index contributed by atoms with van der Waals surface area (Å²) in [6.07, 6.45) is 2.52. The summed E-state index contributed by atoms with van der Waals surface area (Å²) in [4.78, 5) is 46.6. The van der Waals surface area contributed by atoms with Crippen molar-refractivity contribution >= 4 is 5.97 Å². The highest BCUT2D eigenvalue weighted by molar-refractivity contribution is 5.86. The van der Waals surface area contributed by atoms with Gasteiger partial charge in [-0.05, 0) is 24.6 Å². The van der Waals surface area contributed by atoms with E-state index in [9.17, 15) is 14.4 Å². The smallest absolute Gasteiger partial charge is 0.342 e. The molecule has 0 fully saturated rings. The van der Waals surface area contributed by atoms with Gasteiger partial charge in [-0.15, -0.1) is 0 Å². The van der Waals surface area contributed by atoms with Gasteiger partial charge in [0, 0.05) is 29.6 Å². The van der Waals surface area contributed by atoms with E-state index in [4.69, 9.17) is 5.11 Å². The second-order valence-corrected chi connectivity index (χ2v) is 7.04. The predicted molar refractivity (Wildman–Crippen MR) is 115 cm³/mol. The average molecular weight is 414 g/mol. The lowest BCUT2D eigenvalue weighted by Gasteiger charge is -2.13. The van der Waals surface area contributed by atoms with Crippen LogP contribution in [0.4, 0.5) is 0 Å². The fourth-order valence-corrected chi connectivity index (χ4v) is 3.30. The second-order valence-electron chi connectivity index (χ2n) is 7.04. The van der Waals surface area contributed by atoms with Crippen molar-refractivity contribution in [3.8, 4) is 22.8 Å². The third kappa shape index (κ3) is 4.18. The molecular weight excluding hydrogens is 396 g/mol. The number of aromatic carboxylic acids is 1. The summed E-state index contributed by atoms with van der Waals surface area (Å²) in [5.41, 5.74) is 1.95. The molecule has 0 unspecified atom stereocenters. The molecule has 2 N–H and O–H groups in total. The Hall–Kier alpha value is -4.33. The fraction of sp³-hybridized carbons (Fsp3) is 0.0870. The first kappa shape index (κ1) is 20.0. The lowest BCUT2D eigenvalue weighted by Crippen LogP contribution is -2.22. The molecule has 0 saturated carbocycles. The van der Waals surface area contributed by atoms with Gasteiger partial charge >= 0.3 is 5.97 Å². The quantitative estimate of drug-likeness (QED) is 0.518. The zero-order chi connectivity index (χ0) is 22.0. The minimum atomic E-state index is -1.34. The van der Waals surface area contributed by atoms with Crippen LogP contribution in [0.15, 0.2) is 76.6 Å². The van der Waals surface area contributed by atoms with E-state index in [2.05, 4.69) is 15.0 Å². The number of hydrogen-bond acceptors (Lipinski definition) is 5. The molecule has 4 aromatic rings. The molecule has 2 heterocycles. The van der Waals surface area contributed by atoms with Crippen molar-refractivity contribution in [2.45, 2.75) is 13.5 Å². The van der Waals surface area contributed by atoms with Crippen LogP contribution in [0.2, 0.25) is 0 Å². The minimum Gasteiger partial charge on any atom is -0.477 e. The molecule has 0 saturated heterocycles. The number of rotatable bonds is 5. The standard InChI is InChI=1S/C23H18N4O4/c1-14-4-2-7-17(10-14)21-24-9-8-19(28)27(21)13-15-5-3-6-16(11-15)20-25-12-18(23(30)31)22(29)26-20/h2-12H,13H2,1H3,(H,30,31)(H,25,26,29). The maximum Gasteiger partial charge on any atom is 0.342 e. The maximum atomic E-state index is 12.6. The van der Waals surface area contributed by atoms with Crippen LogP contribution < -0.4 is 11.1 Å². The summed E-state index contributed by atoms with van der Waals surface area (Å²) < 4.78 is 1.58. The van der Waals surface area contributed by atoms with Gasteiger partial charge in [0.1, 0.15) is 17.2 Å². The summed E-state index contributed by atoms with van der Waals surface area (Å²) in [7, 11) is 0. The Morgan fingerprint density at radius 2 is 1.81 bits per heavy atom. The molecule has 2 aromatic carbocycles.